The second-order valence-corrected chi connectivity index (χ2v) is 11.3. The van der Waals surface area contributed by atoms with E-state index in [1.54, 1.807) is 51.2 Å². The lowest BCUT2D eigenvalue weighted by atomic mass is 9.93. The summed E-state index contributed by atoms with van der Waals surface area (Å²) in [6, 6.07) is 18.3. The number of H-pyrrole nitrogens is 1. The fraction of sp³-hybridized carbons (Fsp3) is 0.233. The van der Waals surface area contributed by atoms with Crippen molar-refractivity contribution in [1.29, 1.82) is 0 Å². The van der Waals surface area contributed by atoms with Gasteiger partial charge in [-0.05, 0) is 68.3 Å². The number of nitrogens with one attached hydrogen (secondary N) is 3. The number of carbonyl (C=O) groups excluding carboxylic acids is 1. The highest BCUT2D eigenvalue weighted by Crippen LogP contribution is 2.28. The van der Waals surface area contributed by atoms with Gasteiger partial charge in [0.25, 0.3) is 5.91 Å². The molecule has 0 saturated heterocycles. The monoisotopic (exact) mass is 545 g/mol. The number of aromatic nitrogens is 1. The molecular formula is C30H31N3O5S. The van der Waals surface area contributed by atoms with E-state index in [9.17, 15) is 18.3 Å². The Hall–Kier alpha value is -4.10. The molecule has 0 saturated carbocycles. The highest BCUT2D eigenvalue weighted by Gasteiger charge is 2.33. The number of ether oxygens (including phenoxy) is 1. The van der Waals surface area contributed by atoms with Gasteiger partial charge in [0.15, 0.2) is 0 Å². The third-order valence-electron chi connectivity index (χ3n) is 6.41. The quantitative estimate of drug-likeness (QED) is 0.252. The molecule has 1 heterocycles. The molecule has 0 fully saturated rings. The highest BCUT2D eigenvalue weighted by atomic mass is 32.2. The molecule has 0 aliphatic heterocycles. The summed E-state index contributed by atoms with van der Waals surface area (Å²) in [5, 5.41) is 14.4. The van der Waals surface area contributed by atoms with Crippen LogP contribution in [0.25, 0.3) is 10.9 Å². The predicted octanol–water partition coefficient (Wildman–Crippen LogP) is 3.60. The Morgan fingerprint density at radius 2 is 1.77 bits per heavy atom. The van der Waals surface area contributed by atoms with Gasteiger partial charge in [0.2, 0.25) is 10.0 Å². The molecule has 202 valence electrons. The molecule has 0 aliphatic carbocycles. The largest absolute Gasteiger partial charge is 0.495 e. The maximum Gasteiger partial charge on any atom is 0.251 e. The molecule has 0 aliphatic rings. The zero-order valence-corrected chi connectivity index (χ0v) is 23.0. The average Bonchev–Trinajstić information content (AvgIpc) is 3.33. The molecule has 1 aromatic heterocycles. The zero-order valence-electron chi connectivity index (χ0n) is 22.2. The molecule has 3 aromatic carbocycles. The molecule has 9 heteroatoms. The fourth-order valence-corrected chi connectivity index (χ4v) is 5.77. The van der Waals surface area contributed by atoms with Crippen LogP contribution in [0.1, 0.15) is 40.9 Å². The molecular weight excluding hydrogens is 514 g/mol. The summed E-state index contributed by atoms with van der Waals surface area (Å²) in [5.74, 6) is 5.87. The van der Waals surface area contributed by atoms with Crippen LogP contribution in [0.3, 0.4) is 0 Å². The van der Waals surface area contributed by atoms with Gasteiger partial charge in [-0.25, -0.2) is 13.1 Å². The Balaban J connectivity index is 1.65. The summed E-state index contributed by atoms with van der Waals surface area (Å²) in [7, 11) is -1.19. The maximum absolute atomic E-state index is 13.6. The molecule has 0 unspecified atom stereocenters. The minimum Gasteiger partial charge on any atom is -0.495 e. The minimum atomic E-state index is -4.13. The number of para-hydroxylation sites is 1. The van der Waals surface area contributed by atoms with Gasteiger partial charge in [-0.3, -0.25) is 4.79 Å². The van der Waals surface area contributed by atoms with Crippen LogP contribution >= 0.6 is 0 Å². The van der Waals surface area contributed by atoms with E-state index in [1.807, 2.05) is 30.5 Å². The smallest absolute Gasteiger partial charge is 0.251 e. The van der Waals surface area contributed by atoms with Gasteiger partial charge in [0, 0.05) is 40.8 Å². The van der Waals surface area contributed by atoms with Crippen molar-refractivity contribution in [1.82, 2.24) is 15.0 Å². The van der Waals surface area contributed by atoms with E-state index >= 15 is 0 Å². The van der Waals surface area contributed by atoms with Crippen LogP contribution in [0.5, 0.6) is 5.75 Å². The first-order chi connectivity index (χ1) is 18.5. The van der Waals surface area contributed by atoms with E-state index in [0.717, 1.165) is 16.5 Å². The van der Waals surface area contributed by atoms with Crippen molar-refractivity contribution in [2.75, 3.05) is 14.2 Å². The first-order valence-electron chi connectivity index (χ1n) is 12.3. The van der Waals surface area contributed by atoms with E-state index in [-0.39, 0.29) is 23.0 Å². The van der Waals surface area contributed by atoms with Crippen LogP contribution in [-0.2, 0) is 16.4 Å². The molecule has 8 nitrogen and oxygen atoms in total. The Bertz CT molecular complexity index is 1670. The van der Waals surface area contributed by atoms with Crippen LogP contribution < -0.4 is 14.8 Å². The van der Waals surface area contributed by atoms with Gasteiger partial charge < -0.3 is 20.1 Å². The van der Waals surface area contributed by atoms with E-state index in [1.165, 1.54) is 19.2 Å². The lowest BCUT2D eigenvalue weighted by Crippen LogP contribution is -2.50. The fourth-order valence-electron chi connectivity index (χ4n) is 4.20. The van der Waals surface area contributed by atoms with Crippen molar-refractivity contribution >= 4 is 26.8 Å². The van der Waals surface area contributed by atoms with Gasteiger partial charge in [0.1, 0.15) is 10.6 Å². The Kier molecular flexibility index (Phi) is 8.11. The second-order valence-electron chi connectivity index (χ2n) is 9.67. The van der Waals surface area contributed by atoms with Gasteiger partial charge >= 0.3 is 0 Å². The number of carbonyl (C=O) groups is 1. The molecule has 1 atom stereocenters. The highest BCUT2D eigenvalue weighted by molar-refractivity contribution is 7.89. The number of rotatable bonds is 8. The van der Waals surface area contributed by atoms with Crippen molar-refractivity contribution in [2.24, 2.45) is 0 Å². The topological polar surface area (TPSA) is 121 Å². The summed E-state index contributed by atoms with van der Waals surface area (Å²) in [5.41, 5.74) is 1.96. The first-order valence-corrected chi connectivity index (χ1v) is 13.8. The van der Waals surface area contributed by atoms with Crippen molar-refractivity contribution in [3.63, 3.8) is 0 Å². The maximum atomic E-state index is 13.6. The summed E-state index contributed by atoms with van der Waals surface area (Å²) in [6.45, 7) is 3.14. The molecule has 0 radical (unpaired) electrons. The SMILES string of the molecule is CNC(=O)c1cccc(C#Cc2ccc(OC)c(S(=O)(=O)N[C@H](Cc3c[nH]c4ccccc34)C(C)(C)O)c2)c1. The average molecular weight is 546 g/mol. The predicted molar refractivity (Wildman–Crippen MR) is 151 cm³/mol. The van der Waals surface area contributed by atoms with Gasteiger partial charge in [-0.2, -0.15) is 0 Å². The number of aliphatic hydroxyl groups is 1. The van der Waals surface area contributed by atoms with Gasteiger partial charge in [0.05, 0.1) is 18.8 Å². The van der Waals surface area contributed by atoms with Crippen LogP contribution in [-0.4, -0.2) is 50.2 Å². The third kappa shape index (κ3) is 6.49. The van der Waals surface area contributed by atoms with Crippen molar-refractivity contribution < 1.29 is 23.1 Å². The second kappa shape index (κ2) is 11.3. The number of fused-ring (bicyclic) bond motifs is 1. The molecule has 1 amide bonds. The number of amides is 1. The molecule has 0 bridgehead atoms. The number of aromatic amines is 1. The van der Waals surface area contributed by atoms with E-state index in [2.05, 4.69) is 26.9 Å². The Labute approximate surface area is 228 Å². The van der Waals surface area contributed by atoms with Crippen LogP contribution in [0, 0.1) is 11.8 Å². The molecule has 0 spiro atoms. The van der Waals surface area contributed by atoms with Crippen LogP contribution in [0.4, 0.5) is 0 Å². The van der Waals surface area contributed by atoms with E-state index in [4.69, 9.17) is 4.74 Å². The number of hydrogen-bond acceptors (Lipinski definition) is 5. The minimum absolute atomic E-state index is 0.0934. The number of hydrogen-bond donors (Lipinski definition) is 4. The third-order valence-corrected chi connectivity index (χ3v) is 7.90. The van der Waals surface area contributed by atoms with Crippen molar-refractivity contribution in [3.05, 3.63) is 95.2 Å². The van der Waals surface area contributed by atoms with Crippen LogP contribution in [0.2, 0.25) is 0 Å². The standard InChI is InChI=1S/C30H31N3O5S/c1-30(2,35)28(18-23-19-32-25-11-6-5-10-24(23)25)33-39(36,37)27-17-21(14-15-26(27)38-4)13-12-20-8-7-9-22(16-20)29(34)31-3/h5-11,14-17,19,28,32-33,35H,18H2,1-4H3,(H,31,34)/t28-/m1/s1. The van der Waals surface area contributed by atoms with Crippen molar-refractivity contribution in [2.45, 2.75) is 36.8 Å². The lowest BCUT2D eigenvalue weighted by molar-refractivity contribution is 0.0461. The Morgan fingerprint density at radius 3 is 2.46 bits per heavy atom. The van der Waals surface area contributed by atoms with Gasteiger partial charge in [-0.1, -0.05) is 36.1 Å². The van der Waals surface area contributed by atoms with E-state index in [0.29, 0.717) is 16.7 Å². The molecule has 39 heavy (non-hydrogen) atoms. The zero-order chi connectivity index (χ0) is 28.2. The number of sulfonamides is 1. The number of benzene rings is 3. The lowest BCUT2D eigenvalue weighted by Gasteiger charge is -2.30. The molecule has 4 rings (SSSR count). The molecule has 4 aromatic rings. The normalized spacial score (nSPS) is 12.4. The summed E-state index contributed by atoms with van der Waals surface area (Å²) in [4.78, 5) is 15.0. The summed E-state index contributed by atoms with van der Waals surface area (Å²) in [6.07, 6.45) is 2.09. The van der Waals surface area contributed by atoms with Crippen LogP contribution in [0.15, 0.2) is 77.8 Å². The van der Waals surface area contributed by atoms with E-state index < -0.39 is 21.7 Å². The van der Waals surface area contributed by atoms with Crippen molar-refractivity contribution in [3.8, 4) is 17.6 Å². The first kappa shape index (κ1) is 27.9. The summed E-state index contributed by atoms with van der Waals surface area (Å²) >= 11 is 0. The van der Waals surface area contributed by atoms with Gasteiger partial charge in [-0.15, -0.1) is 0 Å². The summed E-state index contributed by atoms with van der Waals surface area (Å²) < 4.78 is 35.3. The molecule has 4 N–H and O–H groups in total. The Morgan fingerprint density at radius 1 is 1.05 bits per heavy atom. The number of methoxy groups -OCH3 is 1.